The second-order valence-electron chi connectivity index (χ2n) is 7.65. The van der Waals surface area contributed by atoms with Crippen molar-refractivity contribution in [2.75, 3.05) is 11.4 Å². The van der Waals surface area contributed by atoms with Crippen LogP contribution in [0.5, 0.6) is 0 Å². The van der Waals surface area contributed by atoms with Crippen LogP contribution in [0.2, 0.25) is 0 Å². The molecule has 2 aromatic rings. The summed E-state index contributed by atoms with van der Waals surface area (Å²) in [7, 11) is 0. The number of nitrogens with zero attached hydrogens (tertiary/aromatic N) is 1. The summed E-state index contributed by atoms with van der Waals surface area (Å²) in [4.78, 5) is 2.70. The van der Waals surface area contributed by atoms with Gasteiger partial charge >= 0.3 is 0 Å². The topological polar surface area (TPSA) is 3.24 Å². The predicted molar refractivity (Wildman–Crippen MR) is 125 cm³/mol. The summed E-state index contributed by atoms with van der Waals surface area (Å²) in [5.41, 5.74) is 4.52. The number of rotatable bonds is 5. The molecule has 0 heterocycles. The van der Waals surface area contributed by atoms with Gasteiger partial charge in [0.25, 0.3) is 0 Å². The number of benzene rings is 2. The summed E-state index contributed by atoms with van der Waals surface area (Å²) < 4.78 is 0. The van der Waals surface area contributed by atoms with Gasteiger partial charge in [-0.15, -0.1) is 0 Å². The van der Waals surface area contributed by atoms with Crippen molar-refractivity contribution in [1.29, 1.82) is 0 Å². The summed E-state index contributed by atoms with van der Waals surface area (Å²) in [5, 5.41) is 0. The van der Waals surface area contributed by atoms with Crippen LogP contribution in [0, 0.1) is 5.92 Å². The van der Waals surface area contributed by atoms with Gasteiger partial charge in [0.05, 0.1) is 0 Å². The minimum Gasteiger partial charge on any atom is -0.368 e. The van der Waals surface area contributed by atoms with E-state index in [1.54, 1.807) is 11.1 Å². The van der Waals surface area contributed by atoms with Gasteiger partial charge in [-0.05, 0) is 48.4 Å². The lowest BCUT2D eigenvalue weighted by Gasteiger charge is -2.33. The number of para-hydroxylation sites is 1. The van der Waals surface area contributed by atoms with Gasteiger partial charge in [0.1, 0.15) is 0 Å². The normalized spacial score (nSPS) is 16.3. The molecule has 0 N–H and O–H groups in total. The third-order valence-corrected chi connectivity index (χ3v) is 6.06. The van der Waals surface area contributed by atoms with Crippen LogP contribution in [0.3, 0.4) is 0 Å². The molecule has 154 valence electrons. The molecular weight excluding hydrogens is 338 g/mol. The largest absolute Gasteiger partial charge is 0.368 e. The summed E-state index contributed by atoms with van der Waals surface area (Å²) >= 11 is 0. The minimum absolute atomic E-state index is 0.633. The monoisotopic (exact) mass is 379 g/mol. The first-order chi connectivity index (χ1) is 13.9. The number of fused-ring (bicyclic) bond motifs is 1. The molecule has 2 aliphatic rings. The molecule has 1 heteroatoms. The zero-order valence-electron chi connectivity index (χ0n) is 18.7. The van der Waals surface area contributed by atoms with Crippen molar-refractivity contribution in [3.63, 3.8) is 0 Å². The molecule has 0 aliphatic heterocycles. The number of hydrogen-bond acceptors (Lipinski definition) is 1. The standard InChI is InChI=1S/C23H29N.2C2H6/c1-3-9-19(10-4-1)15-16-24(22-13-5-2-6-14-22)23-17-20-11-7-8-12-21(20)18-23;2*1-2/h2,5-8,11-14,19,23H,1,3-4,9-10,15-18H2;2*1-2H3. The average molecular weight is 380 g/mol. The molecule has 4 rings (SSSR count). The predicted octanol–water partition coefficient (Wildman–Crippen LogP) is 7.68. The molecule has 1 saturated carbocycles. The van der Waals surface area contributed by atoms with Crippen molar-refractivity contribution in [2.24, 2.45) is 5.92 Å². The van der Waals surface area contributed by atoms with E-state index in [4.69, 9.17) is 0 Å². The van der Waals surface area contributed by atoms with Gasteiger partial charge in [-0.2, -0.15) is 0 Å². The van der Waals surface area contributed by atoms with E-state index >= 15 is 0 Å². The summed E-state index contributed by atoms with van der Waals surface area (Å²) in [6.07, 6.45) is 11.0. The zero-order valence-corrected chi connectivity index (χ0v) is 18.7. The van der Waals surface area contributed by atoms with E-state index in [2.05, 4.69) is 59.5 Å². The summed E-state index contributed by atoms with van der Waals surface area (Å²) in [6, 6.07) is 20.7. The Balaban J connectivity index is 0.000000660. The van der Waals surface area contributed by atoms with Crippen LogP contribution in [0.25, 0.3) is 0 Å². The Hall–Kier alpha value is -1.76. The summed E-state index contributed by atoms with van der Waals surface area (Å²) in [6.45, 7) is 9.22. The fourth-order valence-corrected chi connectivity index (χ4v) is 4.70. The molecule has 0 amide bonds. The Bertz CT molecular complexity index is 617. The van der Waals surface area contributed by atoms with E-state index < -0.39 is 0 Å². The Labute approximate surface area is 174 Å². The Morgan fingerprint density at radius 1 is 0.714 bits per heavy atom. The highest BCUT2D eigenvalue weighted by Crippen LogP contribution is 2.31. The van der Waals surface area contributed by atoms with E-state index in [0.717, 1.165) is 5.92 Å². The molecule has 1 fully saturated rings. The van der Waals surface area contributed by atoms with Gasteiger partial charge in [-0.3, -0.25) is 0 Å². The van der Waals surface area contributed by atoms with Crippen molar-refractivity contribution in [1.82, 2.24) is 0 Å². The van der Waals surface area contributed by atoms with Crippen LogP contribution in [-0.4, -0.2) is 12.6 Å². The highest BCUT2D eigenvalue weighted by molar-refractivity contribution is 5.49. The van der Waals surface area contributed by atoms with Crippen LogP contribution in [0.15, 0.2) is 54.6 Å². The molecule has 1 nitrogen and oxygen atoms in total. The molecule has 0 aromatic heterocycles. The highest BCUT2D eigenvalue weighted by Gasteiger charge is 2.27. The van der Waals surface area contributed by atoms with Crippen molar-refractivity contribution in [2.45, 2.75) is 85.1 Å². The van der Waals surface area contributed by atoms with Crippen LogP contribution < -0.4 is 4.90 Å². The second-order valence-corrected chi connectivity index (χ2v) is 7.65. The smallest absolute Gasteiger partial charge is 0.0370 e. The molecule has 0 saturated heterocycles. The summed E-state index contributed by atoms with van der Waals surface area (Å²) in [5.74, 6) is 0.953. The molecule has 0 bridgehead atoms. The van der Waals surface area contributed by atoms with E-state index in [9.17, 15) is 0 Å². The molecule has 28 heavy (non-hydrogen) atoms. The van der Waals surface area contributed by atoms with Crippen molar-refractivity contribution in [3.8, 4) is 0 Å². The van der Waals surface area contributed by atoms with Gasteiger partial charge in [-0.1, -0.05) is 102 Å². The van der Waals surface area contributed by atoms with Crippen LogP contribution >= 0.6 is 0 Å². The van der Waals surface area contributed by atoms with Gasteiger partial charge in [0.2, 0.25) is 0 Å². The van der Waals surface area contributed by atoms with Gasteiger partial charge in [0, 0.05) is 18.3 Å². The Morgan fingerprint density at radius 3 is 1.82 bits per heavy atom. The molecule has 0 radical (unpaired) electrons. The average Bonchev–Trinajstić information content (AvgIpc) is 3.22. The minimum atomic E-state index is 0.633. The Morgan fingerprint density at radius 2 is 1.25 bits per heavy atom. The lowest BCUT2D eigenvalue weighted by molar-refractivity contribution is 0.337. The van der Waals surface area contributed by atoms with Crippen LogP contribution in [0.4, 0.5) is 5.69 Å². The maximum Gasteiger partial charge on any atom is 0.0370 e. The van der Waals surface area contributed by atoms with E-state index in [1.807, 2.05) is 27.7 Å². The molecule has 0 unspecified atom stereocenters. The molecule has 0 atom stereocenters. The fraction of sp³-hybridized carbons (Fsp3) is 0.556. The fourth-order valence-electron chi connectivity index (χ4n) is 4.70. The first-order valence-electron chi connectivity index (χ1n) is 11.8. The zero-order chi connectivity index (χ0) is 20.2. The van der Waals surface area contributed by atoms with Gasteiger partial charge < -0.3 is 4.90 Å². The third kappa shape index (κ3) is 6.12. The lowest BCUT2D eigenvalue weighted by Crippen LogP contribution is -2.37. The quantitative estimate of drug-likeness (QED) is 0.515. The maximum absolute atomic E-state index is 2.70. The van der Waals surface area contributed by atoms with Crippen molar-refractivity contribution < 1.29 is 0 Å². The maximum atomic E-state index is 2.70. The molecular formula is C27H41N. The first-order valence-corrected chi connectivity index (χ1v) is 11.8. The van der Waals surface area contributed by atoms with Gasteiger partial charge in [0.15, 0.2) is 0 Å². The van der Waals surface area contributed by atoms with Crippen molar-refractivity contribution >= 4 is 5.69 Å². The number of anilines is 1. The first kappa shape index (κ1) is 22.5. The third-order valence-electron chi connectivity index (χ3n) is 6.06. The van der Waals surface area contributed by atoms with Crippen LogP contribution in [0.1, 0.15) is 77.3 Å². The van der Waals surface area contributed by atoms with Crippen molar-refractivity contribution in [3.05, 3.63) is 65.7 Å². The lowest BCUT2D eigenvalue weighted by atomic mass is 9.87. The SMILES string of the molecule is CC.CC.c1ccc(N(CCC2CCCCC2)C2Cc3ccccc3C2)cc1. The van der Waals surface area contributed by atoms with E-state index in [0.29, 0.717) is 6.04 Å². The van der Waals surface area contributed by atoms with Gasteiger partial charge in [-0.25, -0.2) is 0 Å². The molecule has 0 spiro atoms. The van der Waals surface area contributed by atoms with E-state index in [1.165, 1.54) is 63.6 Å². The second kappa shape index (κ2) is 12.6. The van der Waals surface area contributed by atoms with E-state index in [-0.39, 0.29) is 0 Å². The Kier molecular flexibility index (Phi) is 10.2. The number of hydrogen-bond donors (Lipinski definition) is 0. The molecule has 2 aliphatic carbocycles. The van der Waals surface area contributed by atoms with Crippen LogP contribution in [-0.2, 0) is 12.8 Å². The highest BCUT2D eigenvalue weighted by atomic mass is 15.2. The molecule has 2 aromatic carbocycles.